The monoisotopic (exact) mass is 519 g/mol. The standard InChI is InChI=1S/C31H29N5O3/c1-21-25-20-35(31(37)32-26-19-24(38-2)16-17-28(26)39-3)29(22-11-6-4-7-12-22)27-15-10-18-34(27)30(25)36(33-21)23-13-8-5-9-14-23/h4-19,29H,20H2,1-3H3,(H,32,37). The van der Waals surface area contributed by atoms with Gasteiger partial charge in [-0.05, 0) is 48.9 Å². The molecule has 39 heavy (non-hydrogen) atoms. The van der Waals surface area contributed by atoms with Crippen molar-refractivity contribution in [3.63, 3.8) is 0 Å². The van der Waals surface area contributed by atoms with Crippen molar-refractivity contribution >= 4 is 11.7 Å². The number of para-hydroxylation sites is 1. The van der Waals surface area contributed by atoms with E-state index < -0.39 is 0 Å². The largest absolute Gasteiger partial charge is 0.497 e. The summed E-state index contributed by atoms with van der Waals surface area (Å²) in [4.78, 5) is 16.0. The molecule has 1 N–H and O–H groups in total. The molecule has 0 aliphatic carbocycles. The molecule has 8 heteroatoms. The minimum Gasteiger partial charge on any atom is -0.497 e. The smallest absolute Gasteiger partial charge is 0.323 e. The Balaban J connectivity index is 1.51. The fourth-order valence-electron chi connectivity index (χ4n) is 5.23. The van der Waals surface area contributed by atoms with Crippen LogP contribution in [-0.2, 0) is 6.54 Å². The van der Waals surface area contributed by atoms with Crippen LogP contribution in [0.3, 0.4) is 0 Å². The number of ether oxygens (including phenoxy) is 2. The highest BCUT2D eigenvalue weighted by Gasteiger charge is 2.36. The Hall–Kier alpha value is -4.98. The molecule has 3 heterocycles. The molecule has 0 radical (unpaired) electrons. The zero-order valence-corrected chi connectivity index (χ0v) is 22.0. The molecule has 0 saturated heterocycles. The van der Waals surface area contributed by atoms with Crippen molar-refractivity contribution in [2.45, 2.75) is 19.5 Å². The molecule has 5 aromatic rings. The Morgan fingerprint density at radius 3 is 2.38 bits per heavy atom. The third kappa shape index (κ3) is 4.29. The number of hydrogen-bond donors (Lipinski definition) is 1. The number of fused-ring (bicyclic) bond motifs is 3. The minimum absolute atomic E-state index is 0.261. The normalized spacial score (nSPS) is 14.2. The maximum absolute atomic E-state index is 14.2. The van der Waals surface area contributed by atoms with Gasteiger partial charge in [-0.3, -0.25) is 0 Å². The Kier molecular flexibility index (Phi) is 6.28. The molecule has 0 bridgehead atoms. The van der Waals surface area contributed by atoms with Gasteiger partial charge in [0.1, 0.15) is 17.3 Å². The average Bonchev–Trinajstić information content (AvgIpc) is 3.54. The number of aryl methyl sites for hydroxylation is 1. The number of carbonyl (C=O) groups is 1. The van der Waals surface area contributed by atoms with Crippen LogP contribution in [0.1, 0.15) is 28.6 Å². The van der Waals surface area contributed by atoms with Crippen LogP contribution in [0.5, 0.6) is 11.5 Å². The molecule has 3 aromatic carbocycles. The molecular weight excluding hydrogens is 490 g/mol. The van der Waals surface area contributed by atoms with Crippen LogP contribution in [0.15, 0.2) is 97.2 Å². The number of aromatic nitrogens is 3. The van der Waals surface area contributed by atoms with Gasteiger partial charge in [-0.15, -0.1) is 0 Å². The van der Waals surface area contributed by atoms with E-state index in [4.69, 9.17) is 14.6 Å². The number of carbonyl (C=O) groups excluding carboxylic acids is 1. The third-order valence-electron chi connectivity index (χ3n) is 7.11. The van der Waals surface area contributed by atoms with Gasteiger partial charge < -0.3 is 24.3 Å². The summed E-state index contributed by atoms with van der Waals surface area (Å²) in [5.41, 5.74) is 5.29. The summed E-state index contributed by atoms with van der Waals surface area (Å²) < 4.78 is 15.0. The van der Waals surface area contributed by atoms with Crippen LogP contribution in [0.25, 0.3) is 11.5 Å². The second-order valence-corrected chi connectivity index (χ2v) is 9.38. The summed E-state index contributed by atoms with van der Waals surface area (Å²) in [6.45, 7) is 2.35. The molecule has 0 saturated carbocycles. The van der Waals surface area contributed by atoms with Gasteiger partial charge in [0.2, 0.25) is 0 Å². The fraction of sp³-hybridized carbons (Fsp3) is 0.161. The quantitative estimate of drug-likeness (QED) is 0.303. The zero-order valence-electron chi connectivity index (χ0n) is 22.0. The highest BCUT2D eigenvalue weighted by atomic mass is 16.5. The highest BCUT2D eigenvalue weighted by molar-refractivity contribution is 5.92. The van der Waals surface area contributed by atoms with E-state index in [1.165, 1.54) is 0 Å². The second kappa shape index (κ2) is 10.1. The number of urea groups is 1. The molecule has 2 amide bonds. The van der Waals surface area contributed by atoms with E-state index in [1.54, 1.807) is 32.4 Å². The summed E-state index contributed by atoms with van der Waals surface area (Å²) >= 11 is 0. The lowest BCUT2D eigenvalue weighted by molar-refractivity contribution is 0.194. The molecule has 1 unspecified atom stereocenters. The second-order valence-electron chi connectivity index (χ2n) is 9.38. The molecule has 0 fully saturated rings. The van der Waals surface area contributed by atoms with Crippen molar-refractivity contribution in [1.82, 2.24) is 19.2 Å². The Morgan fingerprint density at radius 2 is 1.67 bits per heavy atom. The van der Waals surface area contributed by atoms with Crippen LogP contribution in [-0.4, -0.2) is 39.5 Å². The van der Waals surface area contributed by atoms with E-state index >= 15 is 0 Å². The van der Waals surface area contributed by atoms with Crippen LogP contribution in [0.4, 0.5) is 10.5 Å². The highest BCUT2D eigenvalue weighted by Crippen LogP contribution is 2.39. The van der Waals surface area contributed by atoms with E-state index in [9.17, 15) is 4.79 Å². The van der Waals surface area contributed by atoms with Crippen molar-refractivity contribution in [3.8, 4) is 23.0 Å². The van der Waals surface area contributed by atoms with Gasteiger partial charge in [-0.25, -0.2) is 9.48 Å². The van der Waals surface area contributed by atoms with E-state index in [0.717, 1.165) is 34.0 Å². The predicted molar refractivity (Wildman–Crippen MR) is 150 cm³/mol. The lowest BCUT2D eigenvalue weighted by Crippen LogP contribution is -2.38. The number of anilines is 1. The van der Waals surface area contributed by atoms with Crippen LogP contribution in [0, 0.1) is 6.92 Å². The molecule has 1 atom stereocenters. The van der Waals surface area contributed by atoms with Gasteiger partial charge in [-0.2, -0.15) is 5.10 Å². The summed E-state index contributed by atoms with van der Waals surface area (Å²) in [6.07, 6.45) is 2.04. The van der Waals surface area contributed by atoms with Crippen LogP contribution in [0.2, 0.25) is 0 Å². The van der Waals surface area contributed by atoms with Crippen molar-refractivity contribution in [2.24, 2.45) is 0 Å². The van der Waals surface area contributed by atoms with E-state index in [1.807, 2.05) is 77.3 Å². The number of nitrogens with zero attached hydrogens (tertiary/aromatic N) is 4. The molecular formula is C31H29N5O3. The van der Waals surface area contributed by atoms with Gasteiger partial charge in [0.05, 0.1) is 49.6 Å². The van der Waals surface area contributed by atoms with Crippen LogP contribution < -0.4 is 14.8 Å². The lowest BCUT2D eigenvalue weighted by atomic mass is 10.0. The van der Waals surface area contributed by atoms with Gasteiger partial charge in [0, 0.05) is 17.8 Å². The van der Waals surface area contributed by atoms with Crippen molar-refractivity contribution in [1.29, 1.82) is 0 Å². The minimum atomic E-state index is -0.353. The lowest BCUT2D eigenvalue weighted by Gasteiger charge is -2.31. The molecule has 0 spiro atoms. The van der Waals surface area contributed by atoms with Crippen molar-refractivity contribution in [3.05, 3.63) is 120 Å². The van der Waals surface area contributed by atoms with Gasteiger partial charge in [0.15, 0.2) is 0 Å². The molecule has 1 aliphatic heterocycles. The molecule has 2 aromatic heterocycles. The topological polar surface area (TPSA) is 73.6 Å². The number of amides is 2. The Bertz CT molecular complexity index is 1630. The maximum atomic E-state index is 14.2. The number of benzene rings is 3. The Morgan fingerprint density at radius 1 is 0.923 bits per heavy atom. The molecule has 1 aliphatic rings. The average molecular weight is 520 g/mol. The summed E-state index contributed by atoms with van der Waals surface area (Å²) in [5.74, 6) is 2.10. The first-order valence-electron chi connectivity index (χ1n) is 12.7. The molecule has 196 valence electrons. The first-order valence-corrected chi connectivity index (χ1v) is 12.7. The first kappa shape index (κ1) is 24.4. The summed E-state index contributed by atoms with van der Waals surface area (Å²) in [7, 11) is 3.17. The SMILES string of the molecule is COc1ccc(OC)c(NC(=O)N2Cc3c(C)nn(-c4ccccc4)c3-n3cccc3C2c2ccccc2)c1. The number of hydrogen-bond acceptors (Lipinski definition) is 4. The molecule has 8 nitrogen and oxygen atoms in total. The summed E-state index contributed by atoms with van der Waals surface area (Å²) in [5, 5.41) is 8.00. The van der Waals surface area contributed by atoms with Crippen molar-refractivity contribution in [2.75, 3.05) is 19.5 Å². The fourth-order valence-corrected chi connectivity index (χ4v) is 5.23. The molecule has 6 rings (SSSR count). The van der Waals surface area contributed by atoms with E-state index in [-0.39, 0.29) is 12.1 Å². The first-order chi connectivity index (χ1) is 19.1. The summed E-state index contributed by atoms with van der Waals surface area (Å²) in [6, 6.07) is 29.0. The maximum Gasteiger partial charge on any atom is 0.323 e. The number of nitrogens with one attached hydrogen (secondary N) is 1. The predicted octanol–water partition coefficient (Wildman–Crippen LogP) is 6.13. The number of methoxy groups -OCH3 is 2. The van der Waals surface area contributed by atoms with E-state index in [2.05, 4.69) is 28.1 Å². The van der Waals surface area contributed by atoms with Crippen molar-refractivity contribution < 1.29 is 14.3 Å². The Labute approximate surface area is 227 Å². The third-order valence-corrected chi connectivity index (χ3v) is 7.11. The van der Waals surface area contributed by atoms with Gasteiger partial charge in [-0.1, -0.05) is 48.5 Å². The van der Waals surface area contributed by atoms with E-state index in [0.29, 0.717) is 23.7 Å². The van der Waals surface area contributed by atoms with Crippen LogP contribution >= 0.6 is 0 Å². The number of rotatable bonds is 5. The van der Waals surface area contributed by atoms with Gasteiger partial charge in [0.25, 0.3) is 0 Å². The van der Waals surface area contributed by atoms with Gasteiger partial charge >= 0.3 is 6.03 Å². The zero-order chi connectivity index (χ0) is 26.9.